The van der Waals surface area contributed by atoms with E-state index in [9.17, 15) is 0 Å². The molecule has 0 unspecified atom stereocenters. The van der Waals surface area contributed by atoms with Gasteiger partial charge in [-0.2, -0.15) is 0 Å². The van der Waals surface area contributed by atoms with Gasteiger partial charge in [0, 0.05) is 0 Å². The van der Waals surface area contributed by atoms with E-state index in [1.807, 2.05) is 0 Å². The van der Waals surface area contributed by atoms with Crippen molar-refractivity contribution in [1.82, 2.24) is 0 Å². The molecular weight excluding hydrogens is 120 g/mol. The lowest BCUT2D eigenvalue weighted by Crippen LogP contribution is -1.95. The zero-order valence-electron chi connectivity index (χ0n) is 6.60. The van der Waals surface area contributed by atoms with E-state index in [0.717, 1.165) is 5.41 Å². The molecule has 0 aromatic rings. The van der Waals surface area contributed by atoms with Crippen molar-refractivity contribution in [3.63, 3.8) is 0 Å². The molecule has 0 heterocycles. The van der Waals surface area contributed by atoms with Crippen LogP contribution in [-0.2, 0) is 0 Å². The fourth-order valence-corrected chi connectivity index (χ4v) is 3.43. The SMILES string of the molecule is C1C[C@@H]2CC3(CC3)C[C@@H]2C1. The van der Waals surface area contributed by atoms with E-state index in [1.54, 1.807) is 44.9 Å². The molecule has 3 aliphatic rings. The van der Waals surface area contributed by atoms with Crippen molar-refractivity contribution in [2.45, 2.75) is 44.9 Å². The lowest BCUT2D eigenvalue weighted by molar-refractivity contribution is 0.457. The maximum absolute atomic E-state index is 1.62. The average molecular weight is 136 g/mol. The Morgan fingerprint density at radius 3 is 2.00 bits per heavy atom. The number of hydrogen-bond acceptors (Lipinski definition) is 0. The van der Waals surface area contributed by atoms with Crippen molar-refractivity contribution in [2.75, 3.05) is 0 Å². The van der Waals surface area contributed by atoms with Crippen molar-refractivity contribution >= 4 is 0 Å². The van der Waals surface area contributed by atoms with Gasteiger partial charge in [0.15, 0.2) is 0 Å². The standard InChI is InChI=1S/C10H16/c1-2-8-6-10(4-5-10)7-9(8)3-1/h8-9H,1-7H2/t8-,9+. The number of fused-ring (bicyclic) bond motifs is 1. The van der Waals surface area contributed by atoms with E-state index in [1.165, 1.54) is 11.8 Å². The first-order chi connectivity index (χ1) is 4.88. The first kappa shape index (κ1) is 5.62. The molecule has 56 valence electrons. The summed E-state index contributed by atoms with van der Waals surface area (Å²) in [5.74, 6) is 2.37. The van der Waals surface area contributed by atoms with E-state index in [-0.39, 0.29) is 0 Å². The van der Waals surface area contributed by atoms with Crippen molar-refractivity contribution in [1.29, 1.82) is 0 Å². The highest BCUT2D eigenvalue weighted by Crippen LogP contribution is 2.64. The Bertz CT molecular complexity index is 141. The third-order valence-electron chi connectivity index (χ3n) is 4.16. The molecule has 3 aliphatic carbocycles. The molecule has 3 saturated carbocycles. The van der Waals surface area contributed by atoms with Gasteiger partial charge < -0.3 is 0 Å². The van der Waals surface area contributed by atoms with Crippen LogP contribution in [-0.4, -0.2) is 0 Å². The van der Waals surface area contributed by atoms with Gasteiger partial charge in [0.1, 0.15) is 0 Å². The Labute approximate surface area is 63.0 Å². The molecule has 0 bridgehead atoms. The predicted octanol–water partition coefficient (Wildman–Crippen LogP) is 2.98. The molecule has 0 aliphatic heterocycles. The summed E-state index contributed by atoms with van der Waals surface area (Å²) in [6.45, 7) is 0. The van der Waals surface area contributed by atoms with Gasteiger partial charge in [0.2, 0.25) is 0 Å². The highest BCUT2D eigenvalue weighted by atomic mass is 14.6. The fraction of sp³-hybridized carbons (Fsp3) is 1.00. The van der Waals surface area contributed by atoms with Crippen molar-refractivity contribution in [3.8, 4) is 0 Å². The largest absolute Gasteiger partial charge is 0.0528 e. The first-order valence-electron chi connectivity index (χ1n) is 4.88. The Morgan fingerprint density at radius 1 is 0.900 bits per heavy atom. The summed E-state index contributed by atoms with van der Waals surface area (Å²) >= 11 is 0. The summed E-state index contributed by atoms with van der Waals surface area (Å²) < 4.78 is 0. The normalized spacial score (nSPS) is 48.0. The van der Waals surface area contributed by atoms with Gasteiger partial charge in [-0.3, -0.25) is 0 Å². The molecule has 0 aromatic heterocycles. The molecule has 0 nitrogen and oxygen atoms in total. The van der Waals surface area contributed by atoms with Crippen LogP contribution in [0.1, 0.15) is 44.9 Å². The van der Waals surface area contributed by atoms with Crippen LogP contribution in [0.5, 0.6) is 0 Å². The summed E-state index contributed by atoms with van der Waals surface area (Å²) in [5.41, 5.74) is 0.940. The minimum atomic E-state index is 0.940. The molecule has 1 spiro atoms. The Kier molecular flexibility index (Phi) is 0.898. The highest BCUT2D eigenvalue weighted by Gasteiger charge is 2.53. The summed E-state index contributed by atoms with van der Waals surface area (Å²) in [4.78, 5) is 0. The third-order valence-corrected chi connectivity index (χ3v) is 4.16. The van der Waals surface area contributed by atoms with Crippen molar-refractivity contribution in [2.24, 2.45) is 17.3 Å². The Balaban J connectivity index is 1.82. The number of rotatable bonds is 0. The lowest BCUT2D eigenvalue weighted by atomic mass is 10.0. The molecule has 0 saturated heterocycles. The van der Waals surface area contributed by atoms with Crippen LogP contribution in [0.3, 0.4) is 0 Å². The first-order valence-corrected chi connectivity index (χ1v) is 4.88. The molecular formula is C10H16. The van der Waals surface area contributed by atoms with Crippen LogP contribution in [0.2, 0.25) is 0 Å². The fourth-order valence-electron chi connectivity index (χ4n) is 3.43. The zero-order chi connectivity index (χ0) is 6.60. The van der Waals surface area contributed by atoms with Crippen LogP contribution >= 0.6 is 0 Å². The van der Waals surface area contributed by atoms with E-state index >= 15 is 0 Å². The van der Waals surface area contributed by atoms with Crippen LogP contribution in [0.25, 0.3) is 0 Å². The molecule has 0 heteroatoms. The summed E-state index contributed by atoms with van der Waals surface area (Å²) in [5, 5.41) is 0. The summed E-state index contributed by atoms with van der Waals surface area (Å²) in [7, 11) is 0. The maximum Gasteiger partial charge on any atom is -0.0292 e. The lowest BCUT2D eigenvalue weighted by Gasteiger charge is -2.04. The molecule has 0 radical (unpaired) electrons. The highest BCUT2D eigenvalue weighted by molar-refractivity contribution is 5.04. The minimum Gasteiger partial charge on any atom is -0.0528 e. The average Bonchev–Trinajstić information content (AvgIpc) is 2.28. The minimum absolute atomic E-state index is 0.940. The van der Waals surface area contributed by atoms with E-state index in [4.69, 9.17) is 0 Å². The van der Waals surface area contributed by atoms with Gasteiger partial charge in [-0.25, -0.2) is 0 Å². The second-order valence-corrected chi connectivity index (χ2v) is 4.86. The predicted molar refractivity (Wildman–Crippen MR) is 41.7 cm³/mol. The Morgan fingerprint density at radius 2 is 1.50 bits per heavy atom. The van der Waals surface area contributed by atoms with Crippen molar-refractivity contribution < 1.29 is 0 Å². The molecule has 0 N–H and O–H groups in total. The van der Waals surface area contributed by atoms with Gasteiger partial charge in [0.05, 0.1) is 0 Å². The molecule has 3 rings (SSSR count). The van der Waals surface area contributed by atoms with Crippen LogP contribution < -0.4 is 0 Å². The van der Waals surface area contributed by atoms with E-state index < -0.39 is 0 Å². The van der Waals surface area contributed by atoms with Gasteiger partial charge in [-0.1, -0.05) is 19.3 Å². The van der Waals surface area contributed by atoms with Gasteiger partial charge in [0.25, 0.3) is 0 Å². The molecule has 0 aromatic carbocycles. The second-order valence-electron chi connectivity index (χ2n) is 4.86. The zero-order valence-corrected chi connectivity index (χ0v) is 6.60. The topological polar surface area (TPSA) is 0 Å². The summed E-state index contributed by atoms with van der Waals surface area (Å²) in [6, 6.07) is 0. The van der Waals surface area contributed by atoms with Gasteiger partial charge in [-0.15, -0.1) is 0 Å². The molecule has 3 fully saturated rings. The smallest absolute Gasteiger partial charge is 0.0292 e. The monoisotopic (exact) mass is 136 g/mol. The van der Waals surface area contributed by atoms with Gasteiger partial charge >= 0.3 is 0 Å². The Hall–Kier alpha value is 0. The summed E-state index contributed by atoms with van der Waals surface area (Å²) in [6.07, 6.45) is 11.1. The van der Waals surface area contributed by atoms with E-state index in [2.05, 4.69) is 0 Å². The van der Waals surface area contributed by atoms with E-state index in [0.29, 0.717) is 0 Å². The van der Waals surface area contributed by atoms with Crippen LogP contribution in [0.4, 0.5) is 0 Å². The van der Waals surface area contributed by atoms with Crippen LogP contribution in [0.15, 0.2) is 0 Å². The second kappa shape index (κ2) is 1.60. The van der Waals surface area contributed by atoms with Crippen molar-refractivity contribution in [3.05, 3.63) is 0 Å². The molecule has 0 amide bonds. The third kappa shape index (κ3) is 0.627. The van der Waals surface area contributed by atoms with Gasteiger partial charge in [-0.05, 0) is 42.9 Å². The quantitative estimate of drug-likeness (QED) is 0.480. The van der Waals surface area contributed by atoms with Crippen LogP contribution in [0, 0.1) is 17.3 Å². The molecule has 2 atom stereocenters. The number of hydrogen-bond donors (Lipinski definition) is 0. The maximum atomic E-state index is 1.62. The molecule has 10 heavy (non-hydrogen) atoms.